The van der Waals surface area contributed by atoms with Crippen LogP contribution >= 0.6 is 18.0 Å². The van der Waals surface area contributed by atoms with Crippen molar-refractivity contribution in [1.82, 2.24) is 0 Å². The Bertz CT molecular complexity index is 300. The van der Waals surface area contributed by atoms with Gasteiger partial charge in [0.05, 0.1) is 0 Å². The minimum atomic E-state index is -2.64. The lowest BCUT2D eigenvalue weighted by Gasteiger charge is -2.13. The summed E-state index contributed by atoms with van der Waals surface area (Å²) in [5, 5.41) is 0.782. The van der Waals surface area contributed by atoms with Gasteiger partial charge in [-0.15, -0.1) is 0 Å². The quantitative estimate of drug-likeness (QED) is 0.724. The molecule has 0 saturated carbocycles. The van der Waals surface area contributed by atoms with Gasteiger partial charge >= 0.3 is 0 Å². The van der Waals surface area contributed by atoms with E-state index >= 15 is 0 Å². The number of hydrogen-bond donors (Lipinski definition) is 0. The minimum Gasteiger partial charge on any atom is -0.321 e. The van der Waals surface area contributed by atoms with Crippen LogP contribution in [-0.4, -0.2) is 12.9 Å². The molecule has 0 radical (unpaired) electrons. The Morgan fingerprint density at radius 2 is 2.00 bits per heavy atom. The summed E-state index contributed by atoms with van der Waals surface area (Å²) < 4.78 is 17.2. The Hall–Kier alpha value is -0.240. The highest BCUT2D eigenvalue weighted by atomic mass is 32.7. The first-order valence-corrected chi connectivity index (χ1v) is 7.30. The standard InChI is InChI=1S/C9H13O2PS/c1-3-13-12(10,11-2)9-7-5-4-6-8-9/h4-8H,3H2,1-2H3. The number of hydrogen-bond acceptors (Lipinski definition) is 3. The highest BCUT2D eigenvalue weighted by molar-refractivity contribution is 8.58. The molecule has 0 fully saturated rings. The SMILES string of the molecule is CCSP(=O)(OC)c1ccccc1. The molecule has 0 spiro atoms. The van der Waals surface area contributed by atoms with E-state index in [1.54, 1.807) is 0 Å². The molecule has 1 atom stereocenters. The molecule has 72 valence electrons. The molecule has 0 N–H and O–H groups in total. The summed E-state index contributed by atoms with van der Waals surface area (Å²) in [7, 11) is 1.50. The summed E-state index contributed by atoms with van der Waals surface area (Å²) in [4.78, 5) is 0. The third-order valence-corrected chi connectivity index (χ3v) is 6.50. The maximum Gasteiger partial charge on any atom is 0.286 e. The lowest BCUT2D eigenvalue weighted by Crippen LogP contribution is -2.02. The molecule has 0 aliphatic heterocycles. The molecule has 1 rings (SSSR count). The maximum atomic E-state index is 12.1. The van der Waals surface area contributed by atoms with Crippen molar-refractivity contribution in [2.24, 2.45) is 0 Å². The fourth-order valence-corrected chi connectivity index (χ4v) is 4.50. The Morgan fingerprint density at radius 1 is 1.38 bits per heavy atom. The van der Waals surface area contributed by atoms with Gasteiger partial charge < -0.3 is 4.52 Å². The average Bonchev–Trinajstić information content (AvgIpc) is 2.19. The molecule has 2 nitrogen and oxygen atoms in total. The van der Waals surface area contributed by atoms with Gasteiger partial charge in [0.25, 0.3) is 6.57 Å². The smallest absolute Gasteiger partial charge is 0.286 e. The molecule has 0 heterocycles. The molecule has 1 unspecified atom stereocenters. The molecule has 0 bridgehead atoms. The predicted molar refractivity (Wildman–Crippen MR) is 58.8 cm³/mol. The molecule has 0 aromatic heterocycles. The van der Waals surface area contributed by atoms with Crippen molar-refractivity contribution in [2.45, 2.75) is 6.92 Å². The van der Waals surface area contributed by atoms with Gasteiger partial charge in [0.2, 0.25) is 0 Å². The Labute approximate surface area is 82.9 Å². The number of benzene rings is 1. The first-order chi connectivity index (χ1) is 6.23. The highest BCUT2D eigenvalue weighted by Gasteiger charge is 2.23. The molecular formula is C9H13O2PS. The van der Waals surface area contributed by atoms with E-state index in [9.17, 15) is 4.57 Å². The highest BCUT2D eigenvalue weighted by Crippen LogP contribution is 2.57. The molecule has 1 aromatic carbocycles. The Morgan fingerprint density at radius 3 is 2.46 bits per heavy atom. The second kappa shape index (κ2) is 4.85. The van der Waals surface area contributed by atoms with E-state index in [0.717, 1.165) is 11.1 Å². The fourth-order valence-electron chi connectivity index (χ4n) is 1.01. The van der Waals surface area contributed by atoms with Crippen molar-refractivity contribution in [2.75, 3.05) is 12.9 Å². The fraction of sp³-hybridized carbons (Fsp3) is 0.333. The summed E-state index contributed by atoms with van der Waals surface area (Å²) in [6, 6.07) is 9.33. The molecule has 0 aliphatic carbocycles. The summed E-state index contributed by atoms with van der Waals surface area (Å²) in [6.07, 6.45) is 0. The van der Waals surface area contributed by atoms with E-state index in [2.05, 4.69) is 0 Å². The molecule has 13 heavy (non-hydrogen) atoms. The van der Waals surface area contributed by atoms with Gasteiger partial charge in [0.15, 0.2) is 0 Å². The third kappa shape index (κ3) is 2.60. The predicted octanol–water partition coefficient (Wildman–Crippen LogP) is 2.90. The van der Waals surface area contributed by atoms with Crippen molar-refractivity contribution in [3.8, 4) is 0 Å². The topological polar surface area (TPSA) is 26.3 Å². The van der Waals surface area contributed by atoms with Gasteiger partial charge in [-0.1, -0.05) is 36.5 Å². The Kier molecular flexibility index (Phi) is 4.04. The van der Waals surface area contributed by atoms with Gasteiger partial charge in [-0.25, -0.2) is 0 Å². The van der Waals surface area contributed by atoms with Crippen LogP contribution in [0.2, 0.25) is 0 Å². The molecule has 0 saturated heterocycles. The van der Waals surface area contributed by atoms with Gasteiger partial charge in [-0.05, 0) is 17.9 Å². The van der Waals surface area contributed by atoms with Gasteiger partial charge in [0, 0.05) is 12.4 Å². The summed E-state index contributed by atoms with van der Waals surface area (Å²) in [5.41, 5.74) is 0. The first kappa shape index (κ1) is 10.8. The zero-order chi connectivity index (χ0) is 9.73. The van der Waals surface area contributed by atoms with Crippen LogP contribution in [-0.2, 0) is 9.09 Å². The maximum absolute atomic E-state index is 12.1. The lowest BCUT2D eigenvalue weighted by molar-refractivity contribution is 0.418. The second-order valence-corrected chi connectivity index (χ2v) is 7.36. The zero-order valence-corrected chi connectivity index (χ0v) is 9.48. The van der Waals surface area contributed by atoms with Crippen molar-refractivity contribution < 1.29 is 9.09 Å². The van der Waals surface area contributed by atoms with Crippen molar-refractivity contribution >= 4 is 23.3 Å². The van der Waals surface area contributed by atoms with Crippen LogP contribution in [0.1, 0.15) is 6.92 Å². The van der Waals surface area contributed by atoms with Crippen LogP contribution in [0.4, 0.5) is 0 Å². The number of rotatable bonds is 4. The Balaban J connectivity index is 2.96. The third-order valence-electron chi connectivity index (χ3n) is 1.61. The summed E-state index contributed by atoms with van der Waals surface area (Å²) in [6.45, 7) is -0.664. The van der Waals surface area contributed by atoms with Crippen molar-refractivity contribution in [1.29, 1.82) is 0 Å². The van der Waals surface area contributed by atoms with E-state index in [1.165, 1.54) is 18.5 Å². The normalized spacial score (nSPS) is 15.2. The monoisotopic (exact) mass is 216 g/mol. The molecular weight excluding hydrogens is 203 g/mol. The van der Waals surface area contributed by atoms with Crippen LogP contribution in [0.3, 0.4) is 0 Å². The van der Waals surface area contributed by atoms with Crippen LogP contribution in [0.15, 0.2) is 30.3 Å². The largest absolute Gasteiger partial charge is 0.321 e. The van der Waals surface area contributed by atoms with Gasteiger partial charge in [-0.2, -0.15) is 0 Å². The zero-order valence-electron chi connectivity index (χ0n) is 7.77. The van der Waals surface area contributed by atoms with Crippen molar-refractivity contribution in [3.05, 3.63) is 30.3 Å². The van der Waals surface area contributed by atoms with Gasteiger partial charge in [-0.3, -0.25) is 4.57 Å². The van der Waals surface area contributed by atoms with Crippen LogP contribution in [0, 0.1) is 0 Å². The second-order valence-electron chi connectivity index (χ2n) is 2.43. The van der Waals surface area contributed by atoms with Gasteiger partial charge in [0.1, 0.15) is 0 Å². The molecule has 1 aromatic rings. The lowest BCUT2D eigenvalue weighted by atomic mass is 10.4. The van der Waals surface area contributed by atoms with E-state index in [1.807, 2.05) is 37.3 Å². The molecule has 0 amide bonds. The van der Waals surface area contributed by atoms with E-state index in [-0.39, 0.29) is 0 Å². The summed E-state index contributed by atoms with van der Waals surface area (Å²) in [5.74, 6) is 0.792. The molecule has 4 heteroatoms. The van der Waals surface area contributed by atoms with E-state index in [0.29, 0.717) is 0 Å². The average molecular weight is 216 g/mol. The van der Waals surface area contributed by atoms with E-state index in [4.69, 9.17) is 4.52 Å². The van der Waals surface area contributed by atoms with E-state index < -0.39 is 6.57 Å². The summed E-state index contributed by atoms with van der Waals surface area (Å²) >= 11 is 1.37. The van der Waals surface area contributed by atoms with Crippen LogP contribution < -0.4 is 5.30 Å². The molecule has 0 aliphatic rings. The minimum absolute atomic E-state index is 0.782. The van der Waals surface area contributed by atoms with Crippen LogP contribution in [0.25, 0.3) is 0 Å². The first-order valence-electron chi connectivity index (χ1n) is 4.09. The van der Waals surface area contributed by atoms with Crippen molar-refractivity contribution in [3.63, 3.8) is 0 Å². The van der Waals surface area contributed by atoms with Crippen LogP contribution in [0.5, 0.6) is 0 Å².